The summed E-state index contributed by atoms with van der Waals surface area (Å²) in [5.41, 5.74) is 0. The Kier molecular flexibility index (Phi) is 9.75. The van der Waals surface area contributed by atoms with Crippen molar-refractivity contribution in [3.8, 4) is 23.0 Å². The molecular weight excluding hydrogens is 589 g/mol. The predicted molar refractivity (Wildman–Crippen MR) is 186 cm³/mol. The molecule has 0 saturated heterocycles. The molecule has 0 atom stereocenters. The van der Waals surface area contributed by atoms with E-state index in [9.17, 15) is 0 Å². The van der Waals surface area contributed by atoms with Crippen molar-refractivity contribution in [1.29, 1.82) is 0 Å². The Morgan fingerprint density at radius 2 is 0.511 bits per heavy atom. The minimum atomic E-state index is -3.13. The van der Waals surface area contributed by atoms with Crippen molar-refractivity contribution in [2.45, 2.75) is 18.5 Å². The quantitative estimate of drug-likeness (QED) is 0.114. The Labute approximate surface area is 268 Å². The van der Waals surface area contributed by atoms with Crippen LogP contribution >= 0.6 is 0 Å². The lowest BCUT2D eigenvalue weighted by atomic mass is 10.3. The second-order valence-corrected chi connectivity index (χ2v) is 16.7. The molecule has 0 unspecified atom stereocenters. The van der Waals surface area contributed by atoms with Gasteiger partial charge in [-0.3, -0.25) is 0 Å². The van der Waals surface area contributed by atoms with Gasteiger partial charge in [-0.25, -0.2) is 0 Å². The molecule has 6 aromatic rings. The summed E-state index contributed by atoms with van der Waals surface area (Å²) in [6.07, 6.45) is 0.752. The molecule has 0 aliphatic carbocycles. The van der Waals surface area contributed by atoms with Gasteiger partial charge in [0.25, 0.3) is 0 Å². The van der Waals surface area contributed by atoms with Crippen molar-refractivity contribution in [2.75, 3.05) is 0 Å². The van der Waals surface area contributed by atoms with Crippen LogP contribution in [0.4, 0.5) is 0 Å². The molecule has 0 bridgehead atoms. The molecule has 0 N–H and O–H groups in total. The lowest BCUT2D eigenvalue weighted by Gasteiger charge is -2.35. The van der Waals surface area contributed by atoms with Crippen molar-refractivity contribution in [3.63, 3.8) is 0 Å². The number of benzene rings is 6. The molecule has 0 heterocycles. The van der Waals surface area contributed by atoms with E-state index in [1.54, 1.807) is 0 Å². The van der Waals surface area contributed by atoms with E-state index >= 15 is 0 Å². The van der Waals surface area contributed by atoms with Crippen LogP contribution in [0.3, 0.4) is 0 Å². The van der Waals surface area contributed by atoms with Crippen molar-refractivity contribution >= 4 is 27.5 Å². The first-order chi connectivity index (χ1) is 22.2. The molecule has 0 amide bonds. The second-order valence-electron chi connectivity index (χ2n) is 10.8. The first-order valence-electron chi connectivity index (χ1n) is 15.3. The Balaban J connectivity index is 1.40. The molecule has 0 aliphatic rings. The average Bonchev–Trinajstić information content (AvgIpc) is 3.11. The van der Waals surface area contributed by atoms with Gasteiger partial charge in [0.15, 0.2) is 0 Å². The van der Waals surface area contributed by atoms with Crippen LogP contribution in [0.2, 0.25) is 12.1 Å². The normalized spacial score (nSPS) is 11.4. The fourth-order valence-electron chi connectivity index (χ4n) is 5.42. The molecule has 224 valence electrons. The van der Waals surface area contributed by atoms with Crippen LogP contribution in [0.5, 0.6) is 23.0 Å². The number of para-hydroxylation sites is 4. The third-order valence-corrected chi connectivity index (χ3v) is 14.3. The number of hydrogen-bond donors (Lipinski definition) is 0. The Bertz CT molecular complexity index is 1490. The zero-order valence-corrected chi connectivity index (χ0v) is 27.1. The van der Waals surface area contributed by atoms with Gasteiger partial charge in [-0.05, 0) is 55.0 Å². The summed E-state index contributed by atoms with van der Waals surface area (Å²) in [6.45, 7) is 0. The van der Waals surface area contributed by atoms with Gasteiger partial charge in [-0.2, -0.15) is 0 Å². The van der Waals surface area contributed by atoms with E-state index in [0.717, 1.165) is 39.8 Å². The maximum Gasteiger partial charge on any atom is 0.495 e. The summed E-state index contributed by atoms with van der Waals surface area (Å²) in [7, 11) is -6.25. The monoisotopic (exact) mass is 624 g/mol. The minimum absolute atomic E-state index is 0.679. The summed E-state index contributed by atoms with van der Waals surface area (Å²) < 4.78 is 28.0. The lowest BCUT2D eigenvalue weighted by Crippen LogP contribution is -2.61. The van der Waals surface area contributed by atoms with Gasteiger partial charge < -0.3 is 17.7 Å². The number of hydrogen-bond acceptors (Lipinski definition) is 4. The van der Waals surface area contributed by atoms with Gasteiger partial charge in [0.2, 0.25) is 0 Å². The third-order valence-electron chi connectivity index (χ3n) is 7.54. The van der Waals surface area contributed by atoms with Crippen LogP contribution in [0.15, 0.2) is 182 Å². The molecule has 6 rings (SSSR count). The summed E-state index contributed by atoms with van der Waals surface area (Å²) in [6, 6.07) is 62.1. The van der Waals surface area contributed by atoms with Crippen LogP contribution in [-0.4, -0.2) is 17.1 Å². The third kappa shape index (κ3) is 7.73. The highest BCUT2D eigenvalue weighted by atomic mass is 28.4. The Morgan fingerprint density at radius 1 is 0.289 bits per heavy atom. The molecule has 6 heteroatoms. The summed E-state index contributed by atoms with van der Waals surface area (Å²) in [5.74, 6) is 3.15. The Hall–Kier alpha value is -5.05. The van der Waals surface area contributed by atoms with Crippen molar-refractivity contribution in [3.05, 3.63) is 182 Å². The second kappa shape index (κ2) is 14.6. The van der Waals surface area contributed by atoms with Gasteiger partial charge in [0, 0.05) is 22.5 Å². The maximum atomic E-state index is 7.00. The maximum absolute atomic E-state index is 7.00. The first-order valence-corrected chi connectivity index (χ1v) is 19.4. The van der Waals surface area contributed by atoms with E-state index < -0.39 is 17.1 Å². The van der Waals surface area contributed by atoms with Crippen molar-refractivity contribution in [1.82, 2.24) is 0 Å². The van der Waals surface area contributed by atoms with E-state index in [2.05, 4.69) is 48.5 Å². The minimum Gasteiger partial charge on any atom is -0.509 e. The van der Waals surface area contributed by atoms with Crippen LogP contribution in [0, 0.1) is 0 Å². The van der Waals surface area contributed by atoms with E-state index in [0.29, 0.717) is 12.1 Å². The standard InChI is InChI=1S/C39H36O4Si2/c1-7-20-34(21-8-1)40-44(38-28-15-5-16-29-38,41-35-22-9-2-10-23-35)32-19-33-45(39-30-17-6-18-31-39,42-36-24-11-3-12-25-36)43-37-26-13-4-14-27-37/h1-18,20-31H,19,32-33H2. The van der Waals surface area contributed by atoms with E-state index in [-0.39, 0.29) is 0 Å². The van der Waals surface area contributed by atoms with Gasteiger partial charge in [-0.1, -0.05) is 133 Å². The van der Waals surface area contributed by atoms with E-state index in [1.807, 2.05) is 133 Å². The van der Waals surface area contributed by atoms with Crippen LogP contribution in [0.25, 0.3) is 0 Å². The molecule has 0 radical (unpaired) electrons. The van der Waals surface area contributed by atoms with Gasteiger partial charge in [0.05, 0.1) is 0 Å². The first kappa shape index (κ1) is 30.0. The SMILES string of the molecule is c1ccc(O[Si](CCC[Si](Oc2ccccc2)(Oc2ccccc2)c2ccccc2)(Oc2ccccc2)c2ccccc2)cc1. The molecule has 0 saturated carbocycles. The summed E-state index contributed by atoms with van der Waals surface area (Å²) in [5, 5.41) is 2.13. The summed E-state index contributed by atoms with van der Waals surface area (Å²) >= 11 is 0. The molecule has 0 spiro atoms. The largest absolute Gasteiger partial charge is 0.509 e. The molecule has 4 nitrogen and oxygen atoms in total. The van der Waals surface area contributed by atoms with E-state index in [1.165, 1.54) is 0 Å². The van der Waals surface area contributed by atoms with Gasteiger partial charge in [0.1, 0.15) is 23.0 Å². The van der Waals surface area contributed by atoms with Crippen LogP contribution < -0.4 is 28.1 Å². The molecule has 0 aliphatic heterocycles. The van der Waals surface area contributed by atoms with Gasteiger partial charge in [-0.15, -0.1) is 0 Å². The van der Waals surface area contributed by atoms with Gasteiger partial charge >= 0.3 is 17.1 Å². The lowest BCUT2D eigenvalue weighted by molar-refractivity contribution is 0.385. The van der Waals surface area contributed by atoms with Crippen LogP contribution in [0.1, 0.15) is 6.42 Å². The molecule has 45 heavy (non-hydrogen) atoms. The van der Waals surface area contributed by atoms with Crippen molar-refractivity contribution in [2.24, 2.45) is 0 Å². The molecule has 6 aromatic carbocycles. The fourth-order valence-corrected chi connectivity index (χ4v) is 12.1. The van der Waals surface area contributed by atoms with Crippen LogP contribution in [-0.2, 0) is 0 Å². The molecular formula is C39H36O4Si2. The molecule has 0 fully saturated rings. The smallest absolute Gasteiger partial charge is 0.495 e. The zero-order chi connectivity index (χ0) is 30.6. The summed E-state index contributed by atoms with van der Waals surface area (Å²) in [4.78, 5) is 0. The highest BCUT2D eigenvalue weighted by Gasteiger charge is 2.49. The molecule has 0 aromatic heterocycles. The van der Waals surface area contributed by atoms with E-state index in [4.69, 9.17) is 17.7 Å². The number of rotatable bonds is 14. The Morgan fingerprint density at radius 3 is 0.756 bits per heavy atom. The zero-order valence-electron chi connectivity index (χ0n) is 25.1. The highest BCUT2D eigenvalue weighted by molar-refractivity contribution is 6.84. The predicted octanol–water partition coefficient (Wildman–Crippen LogP) is 8.39. The van der Waals surface area contributed by atoms with Crippen molar-refractivity contribution < 1.29 is 17.7 Å². The highest BCUT2D eigenvalue weighted by Crippen LogP contribution is 2.30. The fraction of sp³-hybridized carbons (Fsp3) is 0.0769. The topological polar surface area (TPSA) is 36.9 Å². The average molecular weight is 625 g/mol.